The van der Waals surface area contributed by atoms with Crippen molar-refractivity contribution in [3.63, 3.8) is 0 Å². The van der Waals surface area contributed by atoms with Crippen LogP contribution in [0.25, 0.3) is 0 Å². The molecule has 0 aromatic heterocycles. The number of hydrogen-bond acceptors (Lipinski definition) is 3. The van der Waals surface area contributed by atoms with Crippen molar-refractivity contribution in [1.29, 1.82) is 0 Å². The van der Waals surface area contributed by atoms with Crippen molar-refractivity contribution >= 4 is 12.1 Å². The molecule has 0 radical (unpaired) electrons. The Hall–Kier alpha value is -1.78. The number of phenols is 1. The van der Waals surface area contributed by atoms with E-state index in [1.807, 2.05) is 0 Å². The van der Waals surface area contributed by atoms with Crippen LogP contribution >= 0.6 is 0 Å². The van der Waals surface area contributed by atoms with Gasteiger partial charge < -0.3 is 5.11 Å². The Morgan fingerprint density at radius 1 is 1.47 bits per heavy atom. The number of hydrogen-bond donors (Lipinski definition) is 1. The number of carbonyl (C=O) groups is 2. The van der Waals surface area contributed by atoms with Crippen LogP contribution < -0.4 is 0 Å². The Morgan fingerprint density at radius 2 is 2.07 bits per heavy atom. The number of aldehydes is 1. The molecule has 0 aliphatic heterocycles. The first-order valence-corrected chi connectivity index (χ1v) is 4.08. The van der Waals surface area contributed by atoms with Crippen LogP contribution in [-0.2, 0) is 0 Å². The van der Waals surface area contributed by atoms with E-state index >= 15 is 0 Å². The second kappa shape index (κ2) is 4.16. The number of carbonyl (C=O) groups excluding carboxylic acids is 2. The molecule has 0 spiro atoms. The van der Waals surface area contributed by atoms with Gasteiger partial charge in [-0.1, -0.05) is 0 Å². The number of ketones is 1. The van der Waals surface area contributed by atoms with Gasteiger partial charge in [0.05, 0.1) is 5.56 Å². The molecule has 1 rings (SSSR count). The molecule has 5 heteroatoms. The Kier molecular flexibility index (Phi) is 3.14. The minimum Gasteiger partial charge on any atom is -0.507 e. The standard InChI is InChI=1S/C10H8F2O3/c1-5(14)7-3-9(15)8(10(11)12)2-6(7)4-13/h2-4,10,15H,1H3. The van der Waals surface area contributed by atoms with Gasteiger partial charge in [-0.05, 0) is 19.1 Å². The average Bonchev–Trinajstić information content (AvgIpc) is 2.16. The summed E-state index contributed by atoms with van der Waals surface area (Å²) < 4.78 is 24.6. The predicted molar refractivity (Wildman–Crippen MR) is 48.5 cm³/mol. The smallest absolute Gasteiger partial charge is 0.267 e. The first-order valence-electron chi connectivity index (χ1n) is 4.08. The largest absolute Gasteiger partial charge is 0.507 e. The fraction of sp³-hybridized carbons (Fsp3) is 0.200. The van der Waals surface area contributed by atoms with Gasteiger partial charge in [-0.3, -0.25) is 9.59 Å². The van der Waals surface area contributed by atoms with Crippen molar-refractivity contribution in [3.8, 4) is 5.75 Å². The lowest BCUT2D eigenvalue weighted by atomic mass is 10.0. The first kappa shape index (κ1) is 11.3. The highest BCUT2D eigenvalue weighted by Crippen LogP contribution is 2.30. The number of benzene rings is 1. The summed E-state index contributed by atoms with van der Waals surface area (Å²) in [5.74, 6) is -1.14. The van der Waals surface area contributed by atoms with E-state index in [0.29, 0.717) is 6.29 Å². The molecule has 0 fully saturated rings. The molecule has 0 bridgehead atoms. The van der Waals surface area contributed by atoms with Crippen LogP contribution in [0.2, 0.25) is 0 Å². The molecule has 1 aromatic carbocycles. The number of rotatable bonds is 3. The summed E-state index contributed by atoms with van der Waals surface area (Å²) in [6.45, 7) is 1.18. The highest BCUT2D eigenvalue weighted by Gasteiger charge is 2.17. The van der Waals surface area contributed by atoms with Crippen molar-refractivity contribution in [2.75, 3.05) is 0 Å². The zero-order valence-electron chi connectivity index (χ0n) is 7.83. The zero-order valence-corrected chi connectivity index (χ0v) is 7.83. The van der Waals surface area contributed by atoms with Gasteiger partial charge in [-0.15, -0.1) is 0 Å². The zero-order chi connectivity index (χ0) is 11.6. The van der Waals surface area contributed by atoms with Gasteiger partial charge in [0.25, 0.3) is 6.43 Å². The van der Waals surface area contributed by atoms with Crippen LogP contribution in [0.3, 0.4) is 0 Å². The van der Waals surface area contributed by atoms with Gasteiger partial charge in [0.1, 0.15) is 5.75 Å². The van der Waals surface area contributed by atoms with Crippen molar-refractivity contribution in [1.82, 2.24) is 0 Å². The van der Waals surface area contributed by atoms with E-state index in [1.54, 1.807) is 0 Å². The molecule has 0 unspecified atom stereocenters. The molecule has 80 valence electrons. The van der Waals surface area contributed by atoms with Gasteiger partial charge in [0.15, 0.2) is 12.1 Å². The second-order valence-corrected chi connectivity index (χ2v) is 2.97. The van der Waals surface area contributed by atoms with E-state index in [1.165, 1.54) is 6.92 Å². The van der Waals surface area contributed by atoms with Crippen LogP contribution in [-0.4, -0.2) is 17.2 Å². The maximum Gasteiger partial charge on any atom is 0.267 e. The van der Waals surface area contributed by atoms with E-state index in [-0.39, 0.29) is 11.1 Å². The van der Waals surface area contributed by atoms with Gasteiger partial charge >= 0.3 is 0 Å². The van der Waals surface area contributed by atoms with Crippen LogP contribution in [0.15, 0.2) is 12.1 Å². The fourth-order valence-electron chi connectivity index (χ4n) is 1.20. The molecule has 0 saturated carbocycles. The number of phenolic OH excluding ortho intramolecular Hbond substituents is 1. The van der Waals surface area contributed by atoms with Crippen molar-refractivity contribution in [2.24, 2.45) is 0 Å². The molecule has 1 N–H and O–H groups in total. The quantitative estimate of drug-likeness (QED) is 0.620. The fourth-order valence-corrected chi connectivity index (χ4v) is 1.20. The van der Waals surface area contributed by atoms with Crippen molar-refractivity contribution < 1.29 is 23.5 Å². The molecule has 3 nitrogen and oxygen atoms in total. The first-order chi connectivity index (χ1) is 6.97. The van der Waals surface area contributed by atoms with Crippen molar-refractivity contribution in [2.45, 2.75) is 13.3 Å². The molecule has 1 aromatic rings. The van der Waals surface area contributed by atoms with Gasteiger partial charge in [0, 0.05) is 11.1 Å². The second-order valence-electron chi connectivity index (χ2n) is 2.97. The van der Waals surface area contributed by atoms with E-state index in [0.717, 1.165) is 12.1 Å². The number of alkyl halides is 2. The Balaban J connectivity index is 3.42. The number of halogens is 2. The molecule has 0 heterocycles. The maximum absolute atomic E-state index is 12.3. The Bertz CT molecular complexity index is 413. The molecule has 0 atom stereocenters. The SMILES string of the molecule is CC(=O)c1cc(O)c(C(F)F)cc1C=O. The lowest BCUT2D eigenvalue weighted by Gasteiger charge is -2.07. The summed E-state index contributed by atoms with van der Waals surface area (Å²) in [6, 6.07) is 1.71. The van der Waals surface area contributed by atoms with Gasteiger partial charge in [0.2, 0.25) is 0 Å². The van der Waals surface area contributed by atoms with E-state index in [4.69, 9.17) is 0 Å². The third-order valence-electron chi connectivity index (χ3n) is 1.94. The van der Waals surface area contributed by atoms with Gasteiger partial charge in [-0.25, -0.2) is 8.78 Å². The Labute approximate surface area is 84.3 Å². The summed E-state index contributed by atoms with van der Waals surface area (Å²) in [5, 5.41) is 9.18. The van der Waals surface area contributed by atoms with E-state index in [9.17, 15) is 23.5 Å². The van der Waals surface area contributed by atoms with Crippen LogP contribution in [0.4, 0.5) is 8.78 Å². The highest BCUT2D eigenvalue weighted by atomic mass is 19.3. The van der Waals surface area contributed by atoms with Gasteiger partial charge in [-0.2, -0.15) is 0 Å². The van der Waals surface area contributed by atoms with Crippen LogP contribution in [0.1, 0.15) is 39.6 Å². The third-order valence-corrected chi connectivity index (χ3v) is 1.94. The molecule has 0 saturated heterocycles. The summed E-state index contributed by atoms with van der Waals surface area (Å²) in [6.07, 6.45) is -2.58. The maximum atomic E-state index is 12.3. The summed E-state index contributed by atoms with van der Waals surface area (Å²) >= 11 is 0. The normalized spacial score (nSPS) is 10.4. The average molecular weight is 214 g/mol. The topological polar surface area (TPSA) is 54.4 Å². The summed E-state index contributed by atoms with van der Waals surface area (Å²) in [7, 11) is 0. The monoisotopic (exact) mass is 214 g/mol. The van der Waals surface area contributed by atoms with Crippen LogP contribution in [0, 0.1) is 0 Å². The van der Waals surface area contributed by atoms with Crippen LogP contribution in [0.5, 0.6) is 5.75 Å². The molecular formula is C10H8F2O3. The number of Topliss-reactive ketones (excluding diaryl/α,β-unsaturated/α-hetero) is 1. The Morgan fingerprint density at radius 3 is 2.47 bits per heavy atom. The molecule has 0 amide bonds. The lowest BCUT2D eigenvalue weighted by Crippen LogP contribution is -2.01. The van der Waals surface area contributed by atoms with Crippen molar-refractivity contribution in [3.05, 3.63) is 28.8 Å². The minimum atomic E-state index is -2.88. The molecule has 15 heavy (non-hydrogen) atoms. The molecule has 0 aliphatic carbocycles. The summed E-state index contributed by atoms with van der Waals surface area (Å²) in [5.41, 5.74) is -0.857. The van der Waals surface area contributed by atoms with E-state index in [2.05, 4.69) is 0 Å². The number of aromatic hydroxyl groups is 1. The molecule has 0 aliphatic rings. The molecular weight excluding hydrogens is 206 g/mol. The highest BCUT2D eigenvalue weighted by molar-refractivity contribution is 6.02. The summed E-state index contributed by atoms with van der Waals surface area (Å²) in [4.78, 5) is 21.5. The lowest BCUT2D eigenvalue weighted by molar-refractivity contribution is 0.100. The predicted octanol–water partition coefficient (Wildman–Crippen LogP) is 2.34. The third kappa shape index (κ3) is 2.18. The minimum absolute atomic E-state index is 0.0631. The van der Waals surface area contributed by atoms with E-state index < -0.39 is 23.5 Å².